The van der Waals surface area contributed by atoms with Gasteiger partial charge in [-0.15, -0.1) is 11.3 Å². The Bertz CT molecular complexity index is 895. The Kier molecular flexibility index (Phi) is 5.33. The summed E-state index contributed by atoms with van der Waals surface area (Å²) >= 11 is 1.10. The Morgan fingerprint density at radius 1 is 1.27 bits per heavy atom. The first-order valence-corrected chi connectivity index (χ1v) is 9.22. The number of benzene rings is 1. The standard InChI is InChI=1S/C19H18FN3O2S/c1-12-15(11-21)18(22-17(24)13-6-5-7-14(20)10-13)26-16(12)19(25)23-8-3-2-4-9-23/h5-7,10H,2-4,8-9H2,1H3,(H,22,24). The summed E-state index contributed by atoms with van der Waals surface area (Å²) in [5.41, 5.74) is 1.01. The smallest absolute Gasteiger partial charge is 0.264 e. The third-order valence-corrected chi connectivity index (χ3v) is 5.61. The molecule has 0 radical (unpaired) electrons. The van der Waals surface area contributed by atoms with Crippen LogP contribution < -0.4 is 5.32 Å². The Labute approximate surface area is 155 Å². The zero-order chi connectivity index (χ0) is 18.7. The summed E-state index contributed by atoms with van der Waals surface area (Å²) < 4.78 is 13.3. The summed E-state index contributed by atoms with van der Waals surface area (Å²) in [7, 11) is 0. The van der Waals surface area contributed by atoms with Crippen molar-refractivity contribution in [3.8, 4) is 6.07 Å². The van der Waals surface area contributed by atoms with Gasteiger partial charge in [-0.2, -0.15) is 5.26 Å². The first-order valence-electron chi connectivity index (χ1n) is 8.41. The molecular formula is C19H18FN3O2S. The van der Waals surface area contributed by atoms with Crippen molar-refractivity contribution in [3.63, 3.8) is 0 Å². The van der Waals surface area contributed by atoms with Gasteiger partial charge in [-0.05, 0) is 49.9 Å². The number of nitriles is 1. The van der Waals surface area contributed by atoms with Crippen molar-refractivity contribution in [2.24, 2.45) is 0 Å². The number of anilines is 1. The predicted octanol–water partition coefficient (Wildman–Crippen LogP) is 3.95. The van der Waals surface area contributed by atoms with Crippen LogP contribution in [0, 0.1) is 24.1 Å². The van der Waals surface area contributed by atoms with Gasteiger partial charge in [0.25, 0.3) is 11.8 Å². The number of thiophene rings is 1. The maximum Gasteiger partial charge on any atom is 0.264 e. The number of hydrogen-bond acceptors (Lipinski definition) is 4. The molecule has 1 aromatic heterocycles. The number of piperidine rings is 1. The van der Waals surface area contributed by atoms with Crippen LogP contribution in [0.1, 0.15) is 50.4 Å². The average molecular weight is 371 g/mol. The van der Waals surface area contributed by atoms with Gasteiger partial charge in [0.2, 0.25) is 0 Å². The van der Waals surface area contributed by atoms with Crippen molar-refractivity contribution in [2.45, 2.75) is 26.2 Å². The molecule has 2 aromatic rings. The highest BCUT2D eigenvalue weighted by molar-refractivity contribution is 7.18. The van der Waals surface area contributed by atoms with Gasteiger partial charge >= 0.3 is 0 Å². The van der Waals surface area contributed by atoms with Crippen molar-refractivity contribution >= 4 is 28.2 Å². The highest BCUT2D eigenvalue weighted by atomic mass is 32.1. The quantitative estimate of drug-likeness (QED) is 0.888. The second-order valence-corrected chi connectivity index (χ2v) is 7.21. The fraction of sp³-hybridized carbons (Fsp3) is 0.316. The molecule has 2 amide bonds. The lowest BCUT2D eigenvalue weighted by Crippen LogP contribution is -2.35. The normalized spacial score (nSPS) is 14.0. The summed E-state index contributed by atoms with van der Waals surface area (Å²) in [6.07, 6.45) is 3.07. The maximum atomic E-state index is 13.3. The molecule has 1 fully saturated rings. The summed E-state index contributed by atoms with van der Waals surface area (Å²) in [4.78, 5) is 27.4. The highest BCUT2D eigenvalue weighted by Crippen LogP contribution is 2.34. The predicted molar refractivity (Wildman–Crippen MR) is 97.9 cm³/mol. The van der Waals surface area contributed by atoms with Gasteiger partial charge in [0.05, 0.1) is 10.4 Å². The lowest BCUT2D eigenvalue weighted by atomic mass is 10.1. The van der Waals surface area contributed by atoms with Crippen molar-refractivity contribution in [1.82, 2.24) is 4.90 Å². The molecule has 0 bridgehead atoms. The van der Waals surface area contributed by atoms with Crippen molar-refractivity contribution in [1.29, 1.82) is 5.26 Å². The van der Waals surface area contributed by atoms with Gasteiger partial charge in [0, 0.05) is 18.7 Å². The minimum Gasteiger partial charge on any atom is -0.338 e. The molecule has 134 valence electrons. The molecule has 26 heavy (non-hydrogen) atoms. The molecule has 5 nitrogen and oxygen atoms in total. The summed E-state index contributed by atoms with van der Waals surface area (Å²) in [5.74, 6) is -1.13. The van der Waals surface area contributed by atoms with Crippen molar-refractivity contribution < 1.29 is 14.0 Å². The van der Waals surface area contributed by atoms with E-state index in [-0.39, 0.29) is 17.0 Å². The molecule has 2 heterocycles. The Morgan fingerprint density at radius 3 is 2.65 bits per heavy atom. The first-order chi connectivity index (χ1) is 12.5. The van der Waals surface area contributed by atoms with E-state index < -0.39 is 11.7 Å². The zero-order valence-electron chi connectivity index (χ0n) is 14.3. The number of likely N-dealkylation sites (tertiary alicyclic amines) is 1. The Hall–Kier alpha value is -2.72. The van der Waals surface area contributed by atoms with Gasteiger partial charge in [0.1, 0.15) is 16.9 Å². The van der Waals surface area contributed by atoms with E-state index in [2.05, 4.69) is 11.4 Å². The molecular weight excluding hydrogens is 353 g/mol. The molecule has 1 saturated heterocycles. The van der Waals surface area contributed by atoms with Crippen LogP contribution in [0.3, 0.4) is 0 Å². The molecule has 1 N–H and O–H groups in total. The topological polar surface area (TPSA) is 73.2 Å². The van der Waals surface area contributed by atoms with Crippen LogP contribution in [-0.2, 0) is 0 Å². The lowest BCUT2D eigenvalue weighted by molar-refractivity contribution is 0.0728. The minimum absolute atomic E-state index is 0.102. The molecule has 0 atom stereocenters. The largest absolute Gasteiger partial charge is 0.338 e. The molecule has 0 spiro atoms. The monoisotopic (exact) mass is 371 g/mol. The van der Waals surface area contributed by atoms with Crippen LogP contribution in [0.5, 0.6) is 0 Å². The van der Waals surface area contributed by atoms with Gasteiger partial charge in [-0.25, -0.2) is 4.39 Å². The van der Waals surface area contributed by atoms with Crippen LogP contribution in [0.15, 0.2) is 24.3 Å². The van der Waals surface area contributed by atoms with Gasteiger partial charge in [0.15, 0.2) is 0 Å². The maximum absolute atomic E-state index is 13.3. The summed E-state index contributed by atoms with van der Waals surface area (Å²) in [5, 5.41) is 12.4. The number of carbonyl (C=O) groups is 2. The molecule has 7 heteroatoms. The molecule has 0 saturated carbocycles. The van der Waals surface area contributed by atoms with Crippen LogP contribution >= 0.6 is 11.3 Å². The lowest BCUT2D eigenvalue weighted by Gasteiger charge is -2.26. The van der Waals surface area contributed by atoms with Crippen LogP contribution in [0.25, 0.3) is 0 Å². The van der Waals surface area contributed by atoms with E-state index in [1.54, 1.807) is 11.8 Å². The third-order valence-electron chi connectivity index (χ3n) is 4.41. The van der Waals surface area contributed by atoms with E-state index in [1.165, 1.54) is 18.2 Å². The number of rotatable bonds is 3. The summed E-state index contributed by atoms with van der Waals surface area (Å²) in [6, 6.07) is 7.38. The Balaban J connectivity index is 1.87. The molecule has 0 aliphatic carbocycles. The number of amides is 2. The van der Waals surface area contributed by atoms with Gasteiger partial charge in [-0.1, -0.05) is 6.07 Å². The minimum atomic E-state index is -0.515. The molecule has 1 aromatic carbocycles. The number of carbonyl (C=O) groups excluding carboxylic acids is 2. The summed E-state index contributed by atoms with van der Waals surface area (Å²) in [6.45, 7) is 3.14. The van der Waals surface area contributed by atoms with E-state index in [4.69, 9.17) is 0 Å². The van der Waals surface area contributed by atoms with Gasteiger partial charge in [-0.3, -0.25) is 9.59 Å². The first kappa shape index (κ1) is 18.1. The van der Waals surface area contributed by atoms with E-state index >= 15 is 0 Å². The van der Waals surface area contributed by atoms with E-state index in [9.17, 15) is 19.2 Å². The van der Waals surface area contributed by atoms with Gasteiger partial charge < -0.3 is 10.2 Å². The van der Waals surface area contributed by atoms with Crippen LogP contribution in [-0.4, -0.2) is 29.8 Å². The third kappa shape index (κ3) is 3.60. The number of nitrogens with zero attached hydrogens (tertiary/aromatic N) is 2. The number of nitrogens with one attached hydrogen (secondary N) is 1. The molecule has 0 unspecified atom stereocenters. The number of hydrogen-bond donors (Lipinski definition) is 1. The van der Waals surface area contributed by atoms with Crippen LogP contribution in [0.2, 0.25) is 0 Å². The fourth-order valence-electron chi connectivity index (χ4n) is 2.99. The van der Waals surface area contributed by atoms with Crippen LogP contribution in [0.4, 0.5) is 9.39 Å². The average Bonchev–Trinajstić information content (AvgIpc) is 2.97. The van der Waals surface area contributed by atoms with E-state index in [0.29, 0.717) is 28.5 Å². The second-order valence-electron chi connectivity index (χ2n) is 6.19. The van der Waals surface area contributed by atoms with E-state index in [1.807, 2.05) is 0 Å². The van der Waals surface area contributed by atoms with E-state index in [0.717, 1.165) is 36.7 Å². The highest BCUT2D eigenvalue weighted by Gasteiger charge is 2.26. The zero-order valence-corrected chi connectivity index (χ0v) is 15.2. The SMILES string of the molecule is Cc1c(C(=O)N2CCCCC2)sc(NC(=O)c2cccc(F)c2)c1C#N. The molecule has 1 aliphatic rings. The number of halogens is 1. The van der Waals surface area contributed by atoms with Crippen molar-refractivity contribution in [2.75, 3.05) is 18.4 Å². The molecule has 3 rings (SSSR count). The molecule has 1 aliphatic heterocycles. The second kappa shape index (κ2) is 7.67. The Morgan fingerprint density at radius 2 is 2.00 bits per heavy atom. The fourth-order valence-corrected chi connectivity index (χ4v) is 4.11. The van der Waals surface area contributed by atoms with Crippen molar-refractivity contribution in [3.05, 3.63) is 51.7 Å².